The summed E-state index contributed by atoms with van der Waals surface area (Å²) >= 11 is 0. The molecule has 0 atom stereocenters. The Morgan fingerprint density at radius 3 is 2.46 bits per heavy atom. The van der Waals surface area contributed by atoms with Gasteiger partial charge in [0.1, 0.15) is 0 Å². The summed E-state index contributed by atoms with van der Waals surface area (Å²) in [5.41, 5.74) is 5.61. The molecule has 0 saturated carbocycles. The van der Waals surface area contributed by atoms with Gasteiger partial charge in [0.2, 0.25) is 0 Å². The molecule has 4 rings (SSSR count). The summed E-state index contributed by atoms with van der Waals surface area (Å²) < 4.78 is 4.01. The topological polar surface area (TPSA) is 35.6 Å². The molecule has 0 amide bonds. The van der Waals surface area contributed by atoms with E-state index in [1.54, 1.807) is 6.20 Å². The van der Waals surface area contributed by atoms with Crippen LogP contribution < -0.4 is 0 Å². The molecule has 118 valence electrons. The molecule has 2 heterocycles. The molecule has 0 spiro atoms. The first-order valence-corrected chi connectivity index (χ1v) is 7.96. The van der Waals surface area contributed by atoms with Crippen LogP contribution in [-0.4, -0.2) is 19.3 Å². The number of hydrogen-bond acceptors (Lipinski definition) is 2. The van der Waals surface area contributed by atoms with Crippen molar-refractivity contribution in [2.45, 2.75) is 13.5 Å². The van der Waals surface area contributed by atoms with Crippen molar-refractivity contribution in [3.63, 3.8) is 0 Å². The van der Waals surface area contributed by atoms with Crippen LogP contribution in [0, 0.1) is 6.92 Å². The van der Waals surface area contributed by atoms with Crippen molar-refractivity contribution in [1.82, 2.24) is 19.3 Å². The van der Waals surface area contributed by atoms with Crippen molar-refractivity contribution >= 4 is 0 Å². The van der Waals surface area contributed by atoms with Gasteiger partial charge in [-0.15, -0.1) is 0 Å². The van der Waals surface area contributed by atoms with Crippen LogP contribution in [0.15, 0.2) is 79.5 Å². The Morgan fingerprint density at radius 2 is 1.75 bits per heavy atom. The van der Waals surface area contributed by atoms with Crippen molar-refractivity contribution in [3.05, 3.63) is 90.6 Å². The van der Waals surface area contributed by atoms with Crippen molar-refractivity contribution in [1.29, 1.82) is 0 Å². The molecule has 2 aromatic heterocycles. The number of para-hydroxylation sites is 1. The average molecular weight is 314 g/mol. The van der Waals surface area contributed by atoms with E-state index in [4.69, 9.17) is 5.10 Å². The Morgan fingerprint density at radius 1 is 0.958 bits per heavy atom. The maximum Gasteiger partial charge on any atom is 0.0977 e. The van der Waals surface area contributed by atoms with Gasteiger partial charge in [0.05, 0.1) is 24.3 Å². The molecule has 24 heavy (non-hydrogen) atoms. The molecule has 0 aliphatic carbocycles. The maximum atomic E-state index is 4.84. The van der Waals surface area contributed by atoms with Crippen LogP contribution in [0.25, 0.3) is 16.9 Å². The highest BCUT2D eigenvalue weighted by Gasteiger charge is 2.12. The van der Waals surface area contributed by atoms with Crippen LogP contribution in [0.3, 0.4) is 0 Å². The van der Waals surface area contributed by atoms with Gasteiger partial charge in [0, 0.05) is 29.7 Å². The van der Waals surface area contributed by atoms with E-state index in [0.29, 0.717) is 0 Å². The highest BCUT2D eigenvalue weighted by atomic mass is 15.3. The van der Waals surface area contributed by atoms with Gasteiger partial charge in [-0.05, 0) is 19.1 Å². The first-order valence-electron chi connectivity index (χ1n) is 7.96. The van der Waals surface area contributed by atoms with E-state index in [9.17, 15) is 0 Å². The number of benzene rings is 2. The zero-order valence-corrected chi connectivity index (χ0v) is 13.5. The fourth-order valence-electron chi connectivity index (χ4n) is 2.77. The van der Waals surface area contributed by atoms with Crippen LogP contribution in [0.4, 0.5) is 0 Å². The van der Waals surface area contributed by atoms with Crippen LogP contribution in [-0.2, 0) is 6.54 Å². The lowest BCUT2D eigenvalue weighted by molar-refractivity contribution is 0.797. The third-order valence-electron chi connectivity index (χ3n) is 4.05. The Labute approximate surface area is 141 Å². The molecule has 0 aliphatic rings. The number of imidazole rings is 1. The molecular weight excluding hydrogens is 296 g/mol. The second kappa shape index (κ2) is 6.16. The lowest BCUT2D eigenvalue weighted by atomic mass is 10.1. The summed E-state index contributed by atoms with van der Waals surface area (Å²) in [7, 11) is 0. The van der Waals surface area contributed by atoms with E-state index < -0.39 is 0 Å². The van der Waals surface area contributed by atoms with Crippen LogP contribution in [0.5, 0.6) is 0 Å². The smallest absolute Gasteiger partial charge is 0.0977 e. The Hall–Kier alpha value is -3.14. The monoisotopic (exact) mass is 314 g/mol. The summed E-state index contributed by atoms with van der Waals surface area (Å²) in [6.07, 6.45) is 7.70. The van der Waals surface area contributed by atoms with Gasteiger partial charge in [-0.3, -0.25) is 0 Å². The summed E-state index contributed by atoms with van der Waals surface area (Å²) in [6, 6.07) is 18.7. The predicted octanol–water partition coefficient (Wildman–Crippen LogP) is 4.09. The molecule has 2 aromatic carbocycles. The van der Waals surface area contributed by atoms with E-state index in [0.717, 1.165) is 23.5 Å². The lowest BCUT2D eigenvalue weighted by Crippen LogP contribution is -1.97. The quantitative estimate of drug-likeness (QED) is 0.569. The molecule has 0 radical (unpaired) electrons. The van der Waals surface area contributed by atoms with E-state index in [-0.39, 0.29) is 0 Å². The minimum absolute atomic E-state index is 0.746. The zero-order valence-electron chi connectivity index (χ0n) is 13.5. The molecular formula is C20H18N4. The van der Waals surface area contributed by atoms with Crippen molar-refractivity contribution in [3.8, 4) is 16.9 Å². The summed E-state index contributed by atoms with van der Waals surface area (Å²) in [4.78, 5) is 4.13. The minimum Gasteiger partial charge on any atom is -0.333 e. The van der Waals surface area contributed by atoms with Crippen LogP contribution in [0.2, 0.25) is 0 Å². The molecule has 0 saturated heterocycles. The number of hydrogen-bond donors (Lipinski definition) is 0. The largest absolute Gasteiger partial charge is 0.333 e. The Bertz CT molecular complexity index is 920. The summed E-state index contributed by atoms with van der Waals surface area (Å²) in [5, 5.41) is 4.84. The molecule has 4 heteroatoms. The highest BCUT2D eigenvalue weighted by Crippen LogP contribution is 2.25. The van der Waals surface area contributed by atoms with Crippen molar-refractivity contribution in [2.24, 2.45) is 0 Å². The molecule has 0 aliphatic heterocycles. The fraction of sp³-hybridized carbons (Fsp3) is 0.100. The average Bonchev–Trinajstić information content (AvgIpc) is 3.27. The molecule has 4 nitrogen and oxygen atoms in total. The number of aromatic nitrogens is 4. The molecule has 0 unspecified atom stereocenters. The first-order chi connectivity index (χ1) is 11.8. The fourth-order valence-corrected chi connectivity index (χ4v) is 2.77. The van der Waals surface area contributed by atoms with Gasteiger partial charge < -0.3 is 4.57 Å². The van der Waals surface area contributed by atoms with Crippen molar-refractivity contribution < 1.29 is 0 Å². The van der Waals surface area contributed by atoms with Gasteiger partial charge in [0.15, 0.2) is 0 Å². The standard InChI is InChI=1S/C20H18N4/c1-16-7-9-17(10-8-16)20-18(13-23-12-11-21-15-23)14-24(22-20)19-5-3-2-4-6-19/h2-12,14-15H,13H2,1H3. The van der Waals surface area contributed by atoms with Gasteiger partial charge in [0.25, 0.3) is 0 Å². The molecule has 0 fully saturated rings. The van der Waals surface area contributed by atoms with Gasteiger partial charge in [-0.1, -0.05) is 48.0 Å². The van der Waals surface area contributed by atoms with E-state index in [2.05, 4.69) is 59.1 Å². The highest BCUT2D eigenvalue weighted by molar-refractivity contribution is 5.63. The first kappa shape index (κ1) is 14.5. The molecule has 0 N–H and O–H groups in total. The zero-order chi connectivity index (χ0) is 16.4. The normalized spacial score (nSPS) is 10.9. The number of nitrogens with zero attached hydrogens (tertiary/aromatic N) is 4. The lowest BCUT2D eigenvalue weighted by Gasteiger charge is -2.04. The van der Waals surface area contributed by atoms with Gasteiger partial charge >= 0.3 is 0 Å². The van der Waals surface area contributed by atoms with Gasteiger partial charge in [-0.2, -0.15) is 5.10 Å². The van der Waals surface area contributed by atoms with Crippen LogP contribution in [0.1, 0.15) is 11.1 Å². The third kappa shape index (κ3) is 2.86. The second-order valence-corrected chi connectivity index (χ2v) is 5.88. The molecule has 0 bridgehead atoms. The van der Waals surface area contributed by atoms with E-state index in [1.165, 1.54) is 11.1 Å². The van der Waals surface area contributed by atoms with E-state index in [1.807, 2.05) is 35.4 Å². The second-order valence-electron chi connectivity index (χ2n) is 5.88. The van der Waals surface area contributed by atoms with Crippen LogP contribution >= 0.6 is 0 Å². The predicted molar refractivity (Wildman–Crippen MR) is 95.1 cm³/mol. The summed E-state index contributed by atoms with van der Waals surface area (Å²) in [5.74, 6) is 0. The Kier molecular flexibility index (Phi) is 3.71. The maximum absolute atomic E-state index is 4.84. The SMILES string of the molecule is Cc1ccc(-c2nn(-c3ccccc3)cc2Cn2ccnc2)cc1. The third-order valence-corrected chi connectivity index (χ3v) is 4.05. The molecule has 4 aromatic rings. The number of aryl methyl sites for hydroxylation is 1. The number of rotatable bonds is 4. The van der Waals surface area contributed by atoms with E-state index >= 15 is 0 Å². The van der Waals surface area contributed by atoms with Crippen molar-refractivity contribution in [2.75, 3.05) is 0 Å². The van der Waals surface area contributed by atoms with Gasteiger partial charge in [-0.25, -0.2) is 9.67 Å². The minimum atomic E-state index is 0.746. The summed E-state index contributed by atoms with van der Waals surface area (Å²) in [6.45, 7) is 2.84. The Balaban J connectivity index is 1.80.